The van der Waals surface area contributed by atoms with Crippen molar-refractivity contribution in [3.8, 4) is 5.69 Å². The number of carbonyl (C=O) groups excluding carboxylic acids is 2. The third-order valence-corrected chi connectivity index (χ3v) is 4.63. The van der Waals surface area contributed by atoms with E-state index < -0.39 is 5.97 Å². The Morgan fingerprint density at radius 3 is 2.74 bits per heavy atom. The second-order valence-electron chi connectivity index (χ2n) is 6.65. The summed E-state index contributed by atoms with van der Waals surface area (Å²) in [4.78, 5) is 24.2. The van der Waals surface area contributed by atoms with E-state index in [0.717, 1.165) is 49.8 Å². The maximum Gasteiger partial charge on any atom is 0.359 e. The van der Waals surface area contributed by atoms with Crippen LogP contribution in [0.3, 0.4) is 0 Å². The Bertz CT molecular complexity index is 815. The minimum Gasteiger partial charge on any atom is -0.451 e. The first-order valence-electron chi connectivity index (χ1n) is 9.40. The summed E-state index contributed by atoms with van der Waals surface area (Å²) in [5.74, 6) is -1.24. The molecule has 0 fully saturated rings. The lowest BCUT2D eigenvalue weighted by molar-refractivity contribution is -0.124. The molecular formula is C20H24FN3O3. The van der Waals surface area contributed by atoms with Gasteiger partial charge in [-0.3, -0.25) is 4.79 Å². The number of ether oxygens (including phenoxy) is 1. The molecule has 0 atom stereocenters. The Hall–Kier alpha value is -2.70. The van der Waals surface area contributed by atoms with Crippen LogP contribution in [0.25, 0.3) is 5.69 Å². The van der Waals surface area contributed by atoms with Crippen LogP contribution in [0.4, 0.5) is 4.39 Å². The van der Waals surface area contributed by atoms with Gasteiger partial charge in [0.25, 0.3) is 5.91 Å². The van der Waals surface area contributed by atoms with Gasteiger partial charge in [-0.05, 0) is 49.9 Å². The average Bonchev–Trinajstić information content (AvgIpc) is 3.27. The first kappa shape index (κ1) is 19.1. The minimum absolute atomic E-state index is 0.241. The minimum atomic E-state index is -0.599. The molecule has 0 saturated heterocycles. The molecule has 6 nitrogen and oxygen atoms in total. The molecular weight excluding hydrogens is 349 g/mol. The Balaban J connectivity index is 1.66. The summed E-state index contributed by atoms with van der Waals surface area (Å²) in [7, 11) is 0. The second-order valence-corrected chi connectivity index (χ2v) is 6.65. The van der Waals surface area contributed by atoms with Crippen molar-refractivity contribution in [2.45, 2.75) is 45.4 Å². The molecule has 27 heavy (non-hydrogen) atoms. The number of nitrogens with zero attached hydrogens (tertiary/aromatic N) is 2. The Kier molecular flexibility index (Phi) is 6.21. The van der Waals surface area contributed by atoms with Gasteiger partial charge in [0.2, 0.25) is 0 Å². The predicted octanol–water partition coefficient (Wildman–Crippen LogP) is 2.96. The molecule has 0 aliphatic heterocycles. The summed E-state index contributed by atoms with van der Waals surface area (Å²) in [5, 5.41) is 7.12. The molecule has 1 aromatic carbocycles. The molecule has 0 spiro atoms. The number of hydrogen-bond donors (Lipinski definition) is 1. The van der Waals surface area contributed by atoms with Gasteiger partial charge < -0.3 is 10.1 Å². The molecule has 7 heteroatoms. The highest BCUT2D eigenvalue weighted by molar-refractivity contribution is 5.91. The van der Waals surface area contributed by atoms with Crippen molar-refractivity contribution >= 4 is 11.9 Å². The highest BCUT2D eigenvalue weighted by atomic mass is 19.1. The van der Waals surface area contributed by atoms with Gasteiger partial charge >= 0.3 is 5.97 Å². The molecule has 0 radical (unpaired) electrons. The number of esters is 1. The summed E-state index contributed by atoms with van der Waals surface area (Å²) < 4.78 is 20.0. The third kappa shape index (κ3) is 4.53. The van der Waals surface area contributed by atoms with E-state index >= 15 is 0 Å². The fourth-order valence-electron chi connectivity index (χ4n) is 3.25. The van der Waals surface area contributed by atoms with E-state index in [1.54, 1.807) is 16.8 Å². The standard InChI is InChI=1S/C20H24FN3O3/c1-2-3-4-12-22-18(25)13-27-20(26)19-16-6-5-7-17(16)24(23-19)15-10-8-14(21)9-11-15/h8-11H,2-7,12-13H2,1H3,(H,22,25). The van der Waals surface area contributed by atoms with Crippen LogP contribution in [0.5, 0.6) is 0 Å². The quantitative estimate of drug-likeness (QED) is 0.570. The molecule has 144 valence electrons. The summed E-state index contributed by atoms with van der Waals surface area (Å²) >= 11 is 0. The highest BCUT2D eigenvalue weighted by Crippen LogP contribution is 2.28. The van der Waals surface area contributed by atoms with Crippen molar-refractivity contribution in [1.82, 2.24) is 15.1 Å². The molecule has 1 heterocycles. The van der Waals surface area contributed by atoms with Crippen LogP contribution in [0.1, 0.15) is 54.4 Å². The number of halogens is 1. The van der Waals surface area contributed by atoms with Crippen LogP contribution in [0.2, 0.25) is 0 Å². The number of rotatable bonds is 8. The van der Waals surface area contributed by atoms with Gasteiger partial charge in [0.05, 0.1) is 5.69 Å². The lowest BCUT2D eigenvalue weighted by Gasteiger charge is -2.06. The van der Waals surface area contributed by atoms with Crippen LogP contribution >= 0.6 is 0 Å². The smallest absolute Gasteiger partial charge is 0.359 e. The van der Waals surface area contributed by atoms with E-state index in [9.17, 15) is 14.0 Å². The van der Waals surface area contributed by atoms with Crippen LogP contribution in [-0.2, 0) is 22.4 Å². The zero-order chi connectivity index (χ0) is 19.2. The lowest BCUT2D eigenvalue weighted by atomic mass is 10.2. The van der Waals surface area contributed by atoms with Gasteiger partial charge in [-0.1, -0.05) is 19.8 Å². The third-order valence-electron chi connectivity index (χ3n) is 4.63. The number of benzene rings is 1. The molecule has 1 amide bonds. The second kappa shape index (κ2) is 8.79. The summed E-state index contributed by atoms with van der Waals surface area (Å²) in [6.07, 6.45) is 5.49. The van der Waals surface area contributed by atoms with Crippen LogP contribution in [-0.4, -0.2) is 34.8 Å². The van der Waals surface area contributed by atoms with E-state index in [2.05, 4.69) is 17.3 Å². The maximum absolute atomic E-state index is 13.2. The number of nitrogens with one attached hydrogen (secondary N) is 1. The van der Waals surface area contributed by atoms with Gasteiger partial charge in [0, 0.05) is 17.8 Å². The van der Waals surface area contributed by atoms with E-state index in [1.807, 2.05) is 0 Å². The Morgan fingerprint density at radius 2 is 2.00 bits per heavy atom. The van der Waals surface area contributed by atoms with Gasteiger partial charge in [0.1, 0.15) is 5.82 Å². The largest absolute Gasteiger partial charge is 0.451 e. The predicted molar refractivity (Wildman–Crippen MR) is 98.4 cm³/mol. The monoisotopic (exact) mass is 373 g/mol. The summed E-state index contributed by atoms with van der Waals surface area (Å²) in [6.45, 7) is 2.36. The number of amides is 1. The normalized spacial score (nSPS) is 12.7. The zero-order valence-corrected chi connectivity index (χ0v) is 15.5. The number of unbranched alkanes of at least 4 members (excludes halogenated alkanes) is 2. The lowest BCUT2D eigenvalue weighted by Crippen LogP contribution is -2.29. The number of fused-ring (bicyclic) bond motifs is 1. The molecule has 0 saturated carbocycles. The zero-order valence-electron chi connectivity index (χ0n) is 15.5. The number of aromatic nitrogens is 2. The Labute approximate surface area is 157 Å². The summed E-state index contributed by atoms with van der Waals surface area (Å²) in [6, 6.07) is 5.97. The van der Waals surface area contributed by atoms with E-state index in [-0.39, 0.29) is 24.0 Å². The first-order chi connectivity index (χ1) is 13.1. The van der Waals surface area contributed by atoms with Gasteiger partial charge in [-0.2, -0.15) is 5.10 Å². The molecule has 2 aromatic rings. The van der Waals surface area contributed by atoms with Crippen molar-refractivity contribution in [1.29, 1.82) is 0 Å². The van der Waals surface area contributed by atoms with Crippen LogP contribution < -0.4 is 5.32 Å². The van der Waals surface area contributed by atoms with Gasteiger partial charge in [0.15, 0.2) is 12.3 Å². The average molecular weight is 373 g/mol. The highest BCUT2D eigenvalue weighted by Gasteiger charge is 2.28. The van der Waals surface area contributed by atoms with Crippen LogP contribution in [0.15, 0.2) is 24.3 Å². The molecule has 0 bridgehead atoms. The number of hydrogen-bond acceptors (Lipinski definition) is 4. The summed E-state index contributed by atoms with van der Waals surface area (Å²) in [5.41, 5.74) is 2.73. The molecule has 1 aliphatic rings. The molecule has 0 unspecified atom stereocenters. The fourth-order valence-corrected chi connectivity index (χ4v) is 3.25. The van der Waals surface area contributed by atoms with E-state index in [1.165, 1.54) is 12.1 Å². The number of carbonyl (C=O) groups is 2. The Morgan fingerprint density at radius 1 is 1.22 bits per heavy atom. The van der Waals surface area contributed by atoms with Crippen molar-refractivity contribution in [2.75, 3.05) is 13.2 Å². The van der Waals surface area contributed by atoms with Gasteiger partial charge in [-0.15, -0.1) is 0 Å². The van der Waals surface area contributed by atoms with Gasteiger partial charge in [-0.25, -0.2) is 13.9 Å². The first-order valence-corrected chi connectivity index (χ1v) is 9.40. The topological polar surface area (TPSA) is 73.2 Å². The van der Waals surface area contributed by atoms with E-state index in [4.69, 9.17) is 4.74 Å². The molecule has 1 aromatic heterocycles. The van der Waals surface area contributed by atoms with Crippen molar-refractivity contribution < 1.29 is 18.7 Å². The maximum atomic E-state index is 13.2. The molecule has 1 aliphatic carbocycles. The van der Waals surface area contributed by atoms with Crippen molar-refractivity contribution in [3.63, 3.8) is 0 Å². The molecule has 1 N–H and O–H groups in total. The molecule has 3 rings (SSSR count). The van der Waals surface area contributed by atoms with Crippen molar-refractivity contribution in [2.24, 2.45) is 0 Å². The van der Waals surface area contributed by atoms with E-state index in [0.29, 0.717) is 12.2 Å². The van der Waals surface area contributed by atoms with Crippen molar-refractivity contribution in [3.05, 3.63) is 47.0 Å². The SMILES string of the molecule is CCCCCNC(=O)COC(=O)c1nn(-c2ccc(F)cc2)c2c1CCC2. The fraction of sp³-hybridized carbons (Fsp3) is 0.450. The van der Waals surface area contributed by atoms with Crippen LogP contribution in [0, 0.1) is 5.82 Å².